The van der Waals surface area contributed by atoms with Gasteiger partial charge in [0.2, 0.25) is 5.78 Å². The molecular weight excluding hydrogens is 318 g/mol. The zero-order valence-electron chi connectivity index (χ0n) is 11.5. The molecule has 0 atom stereocenters. The van der Waals surface area contributed by atoms with E-state index < -0.39 is 0 Å². The maximum Gasteiger partial charge on any atom is 0.234 e. The van der Waals surface area contributed by atoms with E-state index >= 15 is 0 Å². The highest BCUT2D eigenvalue weighted by atomic mass is 79.9. The third kappa shape index (κ3) is 2.38. The molecule has 0 aromatic carbocycles. The number of fused-ring (bicyclic) bond motifs is 1. The first-order chi connectivity index (χ1) is 9.52. The average Bonchev–Trinajstić information content (AvgIpc) is 2.90. The fourth-order valence-corrected chi connectivity index (χ4v) is 2.62. The number of aryl methyl sites for hydroxylation is 3. The van der Waals surface area contributed by atoms with Gasteiger partial charge in [0.25, 0.3) is 0 Å². The van der Waals surface area contributed by atoms with E-state index in [1.165, 1.54) is 0 Å². The molecule has 0 amide bonds. The second-order valence-electron chi connectivity index (χ2n) is 4.74. The number of imidazole rings is 2. The Morgan fingerprint density at radius 3 is 2.60 bits per heavy atom. The largest absolute Gasteiger partial charge is 0.333 e. The highest BCUT2D eigenvalue weighted by molar-refractivity contribution is 9.10. The molecule has 5 nitrogen and oxygen atoms in total. The van der Waals surface area contributed by atoms with Gasteiger partial charge in [0.1, 0.15) is 10.4 Å². The smallest absolute Gasteiger partial charge is 0.234 e. The molecule has 0 aliphatic heterocycles. The zero-order valence-corrected chi connectivity index (χ0v) is 13.1. The van der Waals surface area contributed by atoms with Crippen molar-refractivity contribution in [3.8, 4) is 0 Å². The summed E-state index contributed by atoms with van der Waals surface area (Å²) in [6, 6.07) is 2.04. The second-order valence-corrected chi connectivity index (χ2v) is 5.55. The first kappa shape index (κ1) is 13.1. The summed E-state index contributed by atoms with van der Waals surface area (Å²) in [5, 5.41) is 0. The Bertz CT molecular complexity index is 812. The molecule has 0 saturated heterocycles. The van der Waals surface area contributed by atoms with Crippen molar-refractivity contribution in [2.75, 3.05) is 0 Å². The van der Waals surface area contributed by atoms with Crippen molar-refractivity contribution in [1.29, 1.82) is 0 Å². The lowest BCUT2D eigenvalue weighted by molar-refractivity contribution is 0.898. The van der Waals surface area contributed by atoms with E-state index in [-0.39, 0.29) is 0 Å². The standard InChI is InChI=1S/C14H14BrN5/c1-9-6-10(2)20-7-11(17-14(20)16-9)4-5-13-18-12(15)8-19(13)3/h4-8H,1-3H3/b5-4+. The molecule has 3 aromatic rings. The van der Waals surface area contributed by atoms with Crippen molar-refractivity contribution in [3.05, 3.63) is 46.0 Å². The molecule has 3 aromatic heterocycles. The van der Waals surface area contributed by atoms with Crippen LogP contribution in [0.2, 0.25) is 0 Å². The number of halogens is 1. The molecule has 0 N–H and O–H groups in total. The summed E-state index contributed by atoms with van der Waals surface area (Å²) < 4.78 is 4.76. The van der Waals surface area contributed by atoms with Crippen molar-refractivity contribution in [2.24, 2.45) is 7.05 Å². The van der Waals surface area contributed by atoms with Crippen LogP contribution >= 0.6 is 15.9 Å². The van der Waals surface area contributed by atoms with E-state index in [0.717, 1.165) is 33.3 Å². The SMILES string of the molecule is Cc1cc(C)n2cc(/C=C/c3nc(Br)cn3C)nc2n1. The predicted octanol–water partition coefficient (Wildman–Crippen LogP) is 3.01. The lowest BCUT2D eigenvalue weighted by Crippen LogP contribution is -1.94. The van der Waals surface area contributed by atoms with E-state index in [1.807, 2.05) is 60.5 Å². The van der Waals surface area contributed by atoms with Crippen LogP contribution in [0, 0.1) is 13.8 Å². The van der Waals surface area contributed by atoms with Crippen molar-refractivity contribution < 1.29 is 0 Å². The molecule has 0 unspecified atom stereocenters. The van der Waals surface area contributed by atoms with Gasteiger partial charge in [-0.15, -0.1) is 0 Å². The van der Waals surface area contributed by atoms with Gasteiger partial charge in [0, 0.05) is 30.8 Å². The molecule has 102 valence electrons. The molecule has 0 aliphatic carbocycles. The van der Waals surface area contributed by atoms with E-state index in [2.05, 4.69) is 30.9 Å². The van der Waals surface area contributed by atoms with Gasteiger partial charge in [0.05, 0.1) is 5.69 Å². The van der Waals surface area contributed by atoms with Crippen LogP contribution < -0.4 is 0 Å². The Morgan fingerprint density at radius 1 is 1.10 bits per heavy atom. The van der Waals surface area contributed by atoms with Gasteiger partial charge in [-0.1, -0.05) is 0 Å². The number of hydrogen-bond acceptors (Lipinski definition) is 3. The Morgan fingerprint density at radius 2 is 1.90 bits per heavy atom. The van der Waals surface area contributed by atoms with Gasteiger partial charge in [-0.25, -0.2) is 15.0 Å². The lowest BCUT2D eigenvalue weighted by Gasteiger charge is -1.98. The average molecular weight is 332 g/mol. The zero-order chi connectivity index (χ0) is 14.3. The number of rotatable bonds is 2. The quantitative estimate of drug-likeness (QED) is 0.725. The van der Waals surface area contributed by atoms with Crippen LogP contribution in [0.5, 0.6) is 0 Å². The van der Waals surface area contributed by atoms with Gasteiger partial charge in [-0.3, -0.25) is 4.40 Å². The number of nitrogens with zero attached hydrogens (tertiary/aromatic N) is 5. The number of aromatic nitrogens is 5. The predicted molar refractivity (Wildman–Crippen MR) is 82.3 cm³/mol. The van der Waals surface area contributed by atoms with Crippen LogP contribution in [-0.2, 0) is 7.05 Å². The molecule has 0 spiro atoms. The van der Waals surface area contributed by atoms with Gasteiger partial charge >= 0.3 is 0 Å². The van der Waals surface area contributed by atoms with E-state index in [9.17, 15) is 0 Å². The monoisotopic (exact) mass is 331 g/mol. The van der Waals surface area contributed by atoms with Crippen molar-refractivity contribution in [3.63, 3.8) is 0 Å². The summed E-state index contributed by atoms with van der Waals surface area (Å²) in [6.07, 6.45) is 7.77. The van der Waals surface area contributed by atoms with E-state index in [4.69, 9.17) is 0 Å². The van der Waals surface area contributed by atoms with Crippen LogP contribution in [0.1, 0.15) is 22.9 Å². The molecule has 6 heteroatoms. The highest BCUT2D eigenvalue weighted by Gasteiger charge is 2.04. The van der Waals surface area contributed by atoms with Crippen LogP contribution in [0.25, 0.3) is 17.9 Å². The summed E-state index contributed by atoms with van der Waals surface area (Å²) in [6.45, 7) is 4.02. The third-order valence-corrected chi connectivity index (χ3v) is 3.45. The maximum atomic E-state index is 4.50. The minimum atomic E-state index is 0.725. The molecule has 0 fully saturated rings. The minimum absolute atomic E-state index is 0.725. The fraction of sp³-hybridized carbons (Fsp3) is 0.214. The summed E-state index contributed by atoms with van der Waals surface area (Å²) in [5.41, 5.74) is 2.97. The first-order valence-corrected chi connectivity index (χ1v) is 7.02. The van der Waals surface area contributed by atoms with Crippen LogP contribution in [0.3, 0.4) is 0 Å². The van der Waals surface area contributed by atoms with E-state index in [1.54, 1.807) is 0 Å². The maximum absolute atomic E-state index is 4.50. The van der Waals surface area contributed by atoms with Crippen molar-refractivity contribution in [2.45, 2.75) is 13.8 Å². The molecule has 20 heavy (non-hydrogen) atoms. The Balaban J connectivity index is 1.99. The Labute approximate surface area is 125 Å². The third-order valence-electron chi connectivity index (χ3n) is 3.07. The molecule has 0 bridgehead atoms. The molecule has 3 rings (SSSR count). The summed E-state index contributed by atoms with van der Waals surface area (Å²) >= 11 is 3.36. The lowest BCUT2D eigenvalue weighted by atomic mass is 10.3. The molecule has 0 aliphatic rings. The van der Waals surface area contributed by atoms with Gasteiger partial charge in [-0.05, 0) is 48.0 Å². The molecule has 3 heterocycles. The van der Waals surface area contributed by atoms with Gasteiger partial charge < -0.3 is 4.57 Å². The normalized spacial score (nSPS) is 11.8. The molecule has 0 radical (unpaired) electrons. The van der Waals surface area contributed by atoms with Crippen LogP contribution in [0.15, 0.2) is 23.1 Å². The van der Waals surface area contributed by atoms with Gasteiger partial charge in [-0.2, -0.15) is 0 Å². The minimum Gasteiger partial charge on any atom is -0.333 e. The first-order valence-electron chi connectivity index (χ1n) is 6.23. The Kier molecular flexibility index (Phi) is 3.17. The van der Waals surface area contributed by atoms with Crippen molar-refractivity contribution >= 4 is 33.9 Å². The van der Waals surface area contributed by atoms with Crippen molar-refractivity contribution in [1.82, 2.24) is 23.9 Å². The van der Waals surface area contributed by atoms with E-state index in [0.29, 0.717) is 0 Å². The summed E-state index contributed by atoms with van der Waals surface area (Å²) in [4.78, 5) is 13.3. The highest BCUT2D eigenvalue weighted by Crippen LogP contribution is 2.13. The summed E-state index contributed by atoms with van der Waals surface area (Å²) in [5.74, 6) is 1.60. The van der Waals surface area contributed by atoms with Crippen LogP contribution in [0.4, 0.5) is 0 Å². The molecular formula is C14H14BrN5. The molecule has 0 saturated carbocycles. The Hall–Kier alpha value is -1.95. The summed E-state index contributed by atoms with van der Waals surface area (Å²) in [7, 11) is 1.95. The number of hydrogen-bond donors (Lipinski definition) is 0. The topological polar surface area (TPSA) is 48.0 Å². The van der Waals surface area contributed by atoms with Crippen LogP contribution in [-0.4, -0.2) is 23.9 Å². The van der Waals surface area contributed by atoms with Gasteiger partial charge in [0.15, 0.2) is 0 Å². The fourth-order valence-electron chi connectivity index (χ4n) is 2.13. The second kappa shape index (κ2) is 4.86.